The second kappa shape index (κ2) is 11.3. The molecule has 4 heterocycles. The van der Waals surface area contributed by atoms with Crippen molar-refractivity contribution in [1.29, 1.82) is 0 Å². The number of benzene rings is 1. The number of unbranched alkanes of at least 4 members (excludes halogenated alkanes) is 1. The Kier molecular flexibility index (Phi) is 7.74. The van der Waals surface area contributed by atoms with E-state index in [4.69, 9.17) is 0 Å². The average Bonchev–Trinajstić information content (AvgIpc) is 3.02. The molecule has 0 bridgehead atoms. The molecule has 3 aliphatic heterocycles. The van der Waals surface area contributed by atoms with E-state index in [1.54, 1.807) is 23.2 Å². The smallest absolute Gasteiger partial charge is 0.259 e. The number of carbonyl (C=O) groups excluding carboxylic acids is 2. The van der Waals surface area contributed by atoms with Gasteiger partial charge in [0.15, 0.2) is 5.82 Å². The third kappa shape index (κ3) is 5.73. The van der Waals surface area contributed by atoms with E-state index in [1.165, 1.54) is 58.2 Å². The van der Waals surface area contributed by atoms with Crippen molar-refractivity contribution >= 4 is 29.0 Å². The minimum absolute atomic E-state index is 0.0473. The molecule has 0 aliphatic carbocycles. The second-order valence-electron chi connectivity index (χ2n) is 10.2. The first-order chi connectivity index (χ1) is 17.2. The SMILES string of the molecule is O=C1Nc2ccccc2N(C(=O)CN2CCC(CCCCN3CCCCC3)CC2)c2ncccc21. The van der Waals surface area contributed by atoms with Gasteiger partial charge in [-0.15, -0.1) is 0 Å². The van der Waals surface area contributed by atoms with Crippen molar-refractivity contribution in [3.8, 4) is 0 Å². The highest BCUT2D eigenvalue weighted by atomic mass is 16.2. The molecule has 3 aliphatic rings. The molecule has 1 aromatic heterocycles. The summed E-state index contributed by atoms with van der Waals surface area (Å²) in [6, 6.07) is 10.9. The maximum Gasteiger partial charge on any atom is 0.259 e. The van der Waals surface area contributed by atoms with Crippen LogP contribution in [0.2, 0.25) is 0 Å². The fourth-order valence-corrected chi connectivity index (χ4v) is 5.73. The Balaban J connectivity index is 1.16. The lowest BCUT2D eigenvalue weighted by Gasteiger charge is -2.33. The number of nitrogens with zero attached hydrogens (tertiary/aromatic N) is 4. The fraction of sp³-hybridized carbons (Fsp3) is 0.536. The molecule has 1 N–H and O–H groups in total. The van der Waals surface area contributed by atoms with Crippen molar-refractivity contribution in [3.05, 3.63) is 48.2 Å². The van der Waals surface area contributed by atoms with Gasteiger partial charge in [0.2, 0.25) is 5.91 Å². The van der Waals surface area contributed by atoms with Crippen LogP contribution in [0.1, 0.15) is 61.7 Å². The zero-order chi connectivity index (χ0) is 24.0. The number of aromatic nitrogens is 1. The van der Waals surface area contributed by atoms with Crippen molar-refractivity contribution in [1.82, 2.24) is 14.8 Å². The van der Waals surface area contributed by atoms with E-state index in [-0.39, 0.29) is 11.8 Å². The van der Waals surface area contributed by atoms with Gasteiger partial charge < -0.3 is 10.2 Å². The fourth-order valence-electron chi connectivity index (χ4n) is 5.73. The van der Waals surface area contributed by atoms with E-state index in [9.17, 15) is 9.59 Å². The molecule has 0 atom stereocenters. The van der Waals surface area contributed by atoms with Crippen LogP contribution in [0.4, 0.5) is 17.2 Å². The molecule has 2 saturated heterocycles. The summed E-state index contributed by atoms with van der Waals surface area (Å²) in [6.07, 6.45) is 12.0. The molecule has 7 nitrogen and oxygen atoms in total. The van der Waals surface area contributed by atoms with Gasteiger partial charge in [0.1, 0.15) is 0 Å². The predicted octanol–water partition coefficient (Wildman–Crippen LogP) is 4.68. The number of amides is 2. The first kappa shape index (κ1) is 23.9. The number of fused-ring (bicyclic) bond motifs is 2. The van der Waals surface area contributed by atoms with Gasteiger partial charge >= 0.3 is 0 Å². The van der Waals surface area contributed by atoms with Gasteiger partial charge in [0, 0.05) is 6.20 Å². The van der Waals surface area contributed by atoms with Crippen LogP contribution in [0.3, 0.4) is 0 Å². The molecule has 0 spiro atoms. The number of rotatable bonds is 7. The molecule has 2 amide bonds. The Hall–Kier alpha value is -2.77. The lowest BCUT2D eigenvalue weighted by Crippen LogP contribution is -2.42. The first-order valence-corrected chi connectivity index (χ1v) is 13.3. The van der Waals surface area contributed by atoms with E-state index in [2.05, 4.69) is 20.1 Å². The molecule has 0 radical (unpaired) electrons. The Morgan fingerprint density at radius 2 is 1.74 bits per heavy atom. The molecule has 35 heavy (non-hydrogen) atoms. The summed E-state index contributed by atoms with van der Waals surface area (Å²) < 4.78 is 0. The summed E-state index contributed by atoms with van der Waals surface area (Å²) in [5.41, 5.74) is 1.72. The molecule has 0 saturated carbocycles. The molecule has 7 heteroatoms. The Bertz CT molecular complexity index is 1030. The number of hydrogen-bond donors (Lipinski definition) is 1. The largest absolute Gasteiger partial charge is 0.320 e. The van der Waals surface area contributed by atoms with Gasteiger partial charge in [0.25, 0.3) is 5.91 Å². The normalized spacial score (nSPS) is 19.5. The molecule has 1 aromatic carbocycles. The summed E-state index contributed by atoms with van der Waals surface area (Å²) in [5, 5.41) is 2.93. The highest BCUT2D eigenvalue weighted by molar-refractivity contribution is 6.17. The van der Waals surface area contributed by atoms with Crippen molar-refractivity contribution in [2.24, 2.45) is 5.92 Å². The zero-order valence-electron chi connectivity index (χ0n) is 20.6. The molecule has 0 unspecified atom stereocenters. The minimum atomic E-state index is -0.239. The van der Waals surface area contributed by atoms with Gasteiger partial charge in [-0.25, -0.2) is 4.98 Å². The topological polar surface area (TPSA) is 68.8 Å². The lowest BCUT2D eigenvalue weighted by molar-refractivity contribution is -0.119. The van der Waals surface area contributed by atoms with Crippen LogP contribution in [0, 0.1) is 5.92 Å². The monoisotopic (exact) mass is 475 g/mol. The number of likely N-dealkylation sites (tertiary alicyclic amines) is 2. The third-order valence-corrected chi connectivity index (χ3v) is 7.74. The van der Waals surface area contributed by atoms with Crippen LogP contribution in [-0.2, 0) is 4.79 Å². The van der Waals surface area contributed by atoms with Crippen LogP contribution >= 0.6 is 0 Å². The number of para-hydroxylation sites is 2. The highest BCUT2D eigenvalue weighted by Gasteiger charge is 2.31. The van der Waals surface area contributed by atoms with Gasteiger partial charge in [-0.1, -0.05) is 31.4 Å². The quantitative estimate of drug-likeness (QED) is 0.589. The van der Waals surface area contributed by atoms with E-state index in [0.29, 0.717) is 29.3 Å². The molecule has 2 aromatic rings. The summed E-state index contributed by atoms with van der Waals surface area (Å²) in [6.45, 7) is 6.07. The minimum Gasteiger partial charge on any atom is -0.320 e. The summed E-state index contributed by atoms with van der Waals surface area (Å²) >= 11 is 0. The third-order valence-electron chi connectivity index (χ3n) is 7.74. The summed E-state index contributed by atoms with van der Waals surface area (Å²) in [5.74, 6) is 0.889. The van der Waals surface area contributed by atoms with Crippen LogP contribution in [0.5, 0.6) is 0 Å². The number of hydrogen-bond acceptors (Lipinski definition) is 5. The molecule has 5 rings (SSSR count). The highest BCUT2D eigenvalue weighted by Crippen LogP contribution is 2.36. The van der Waals surface area contributed by atoms with Crippen molar-refractivity contribution in [2.75, 3.05) is 49.5 Å². The van der Waals surface area contributed by atoms with E-state index >= 15 is 0 Å². The molecular formula is C28H37N5O2. The molecule has 186 valence electrons. The average molecular weight is 476 g/mol. The Labute approximate surface area is 208 Å². The van der Waals surface area contributed by atoms with E-state index in [0.717, 1.165) is 31.8 Å². The van der Waals surface area contributed by atoms with Crippen molar-refractivity contribution in [2.45, 2.75) is 51.4 Å². The van der Waals surface area contributed by atoms with Gasteiger partial charge in [0.05, 0.1) is 23.5 Å². The Morgan fingerprint density at radius 3 is 2.57 bits per heavy atom. The summed E-state index contributed by atoms with van der Waals surface area (Å²) in [4.78, 5) is 37.3. The maximum atomic E-state index is 13.6. The van der Waals surface area contributed by atoms with Crippen LogP contribution in [0.25, 0.3) is 0 Å². The number of piperidine rings is 2. The van der Waals surface area contributed by atoms with Crippen LogP contribution in [0.15, 0.2) is 42.6 Å². The van der Waals surface area contributed by atoms with Gasteiger partial charge in [-0.3, -0.25) is 19.4 Å². The predicted molar refractivity (Wildman–Crippen MR) is 139 cm³/mol. The number of pyridine rings is 1. The van der Waals surface area contributed by atoms with Gasteiger partial charge in [-0.05, 0) is 95.0 Å². The standard InChI is InChI=1S/C28H37N5O2/c34-26(21-32-19-13-22(14-20-32)9-4-7-18-31-16-5-1-6-17-31)33-25-12-3-2-11-24(25)30-28(35)23-10-8-15-29-27(23)33/h2-3,8,10-12,15,22H,1,4-7,9,13-14,16-21H2,(H,30,35). The van der Waals surface area contributed by atoms with Crippen LogP contribution < -0.4 is 10.2 Å². The summed E-state index contributed by atoms with van der Waals surface area (Å²) in [7, 11) is 0. The van der Waals surface area contributed by atoms with Gasteiger partial charge in [-0.2, -0.15) is 0 Å². The number of anilines is 3. The van der Waals surface area contributed by atoms with E-state index < -0.39 is 0 Å². The second-order valence-corrected chi connectivity index (χ2v) is 10.2. The molecular weight excluding hydrogens is 438 g/mol. The molecule has 2 fully saturated rings. The Morgan fingerprint density at radius 1 is 0.943 bits per heavy atom. The first-order valence-electron chi connectivity index (χ1n) is 13.3. The zero-order valence-corrected chi connectivity index (χ0v) is 20.6. The maximum absolute atomic E-state index is 13.6. The number of carbonyl (C=O) groups is 2. The van der Waals surface area contributed by atoms with Crippen molar-refractivity contribution in [3.63, 3.8) is 0 Å². The lowest BCUT2D eigenvalue weighted by atomic mass is 9.91. The van der Waals surface area contributed by atoms with Crippen molar-refractivity contribution < 1.29 is 9.59 Å². The van der Waals surface area contributed by atoms with Crippen LogP contribution in [-0.4, -0.2) is 65.9 Å². The van der Waals surface area contributed by atoms with E-state index in [1.807, 2.05) is 24.3 Å². The number of nitrogens with one attached hydrogen (secondary N) is 1.